The highest BCUT2D eigenvalue weighted by Crippen LogP contribution is 2.25. The van der Waals surface area contributed by atoms with Crippen LogP contribution in [0.5, 0.6) is 0 Å². The number of hydrogen-bond donors (Lipinski definition) is 0. The normalized spacial score (nSPS) is 10.5. The van der Waals surface area contributed by atoms with Gasteiger partial charge in [-0.25, -0.2) is 0 Å². The molecule has 0 saturated heterocycles. The summed E-state index contributed by atoms with van der Waals surface area (Å²) >= 11 is 0. The Hall–Kier alpha value is -1.63. The van der Waals surface area contributed by atoms with Gasteiger partial charge in [0, 0.05) is 11.3 Å². The smallest absolute Gasteiger partial charge is 0.0710 e. The van der Waals surface area contributed by atoms with Gasteiger partial charge in [-0.05, 0) is 50.5 Å². The highest BCUT2D eigenvalue weighted by atomic mass is 14.7. The molecule has 1 nitrogen and oxygen atoms in total. The van der Waals surface area contributed by atoms with Crippen molar-refractivity contribution in [2.75, 3.05) is 0 Å². The second-order valence-electron chi connectivity index (χ2n) is 4.37. The van der Waals surface area contributed by atoms with Crippen LogP contribution < -0.4 is 0 Å². The minimum atomic E-state index is 1.08. The summed E-state index contributed by atoms with van der Waals surface area (Å²) in [4.78, 5) is 4.66. The van der Waals surface area contributed by atoms with Crippen LogP contribution >= 0.6 is 0 Å². The lowest BCUT2D eigenvalue weighted by Crippen LogP contribution is -1.94. The predicted octanol–water partition coefficient (Wildman–Crippen LogP) is 3.98. The maximum atomic E-state index is 4.66. The van der Waals surface area contributed by atoms with E-state index in [1.165, 1.54) is 22.3 Å². The van der Waals surface area contributed by atoms with E-state index in [1.54, 1.807) is 0 Å². The number of aromatic nitrogens is 1. The molecule has 0 unspecified atom stereocenters. The van der Waals surface area contributed by atoms with Crippen LogP contribution in [0.2, 0.25) is 0 Å². The lowest BCUT2D eigenvalue weighted by Gasteiger charge is -2.10. The van der Waals surface area contributed by atoms with Gasteiger partial charge in [-0.2, -0.15) is 0 Å². The molecule has 0 atom stereocenters. The van der Waals surface area contributed by atoms with Crippen LogP contribution in [0.4, 0.5) is 0 Å². The van der Waals surface area contributed by atoms with Crippen molar-refractivity contribution >= 4 is 0 Å². The van der Waals surface area contributed by atoms with Gasteiger partial charge in [0.2, 0.25) is 0 Å². The maximum Gasteiger partial charge on any atom is 0.0710 e. The van der Waals surface area contributed by atoms with Crippen molar-refractivity contribution in [3.05, 3.63) is 52.7 Å². The van der Waals surface area contributed by atoms with E-state index in [-0.39, 0.29) is 0 Å². The number of aryl methyl sites for hydroxylation is 4. The summed E-state index contributed by atoms with van der Waals surface area (Å²) in [6, 6.07) is 10.6. The highest BCUT2D eigenvalue weighted by molar-refractivity contribution is 5.67. The molecule has 0 aliphatic carbocycles. The minimum Gasteiger partial charge on any atom is -0.253 e. The van der Waals surface area contributed by atoms with Crippen molar-refractivity contribution in [2.24, 2.45) is 0 Å². The van der Waals surface area contributed by atoms with Crippen molar-refractivity contribution in [2.45, 2.75) is 27.7 Å². The van der Waals surface area contributed by atoms with E-state index >= 15 is 0 Å². The monoisotopic (exact) mass is 211 g/mol. The summed E-state index contributed by atoms with van der Waals surface area (Å²) in [7, 11) is 0. The van der Waals surface area contributed by atoms with Gasteiger partial charge in [-0.15, -0.1) is 0 Å². The lowest BCUT2D eigenvalue weighted by molar-refractivity contribution is 1.15. The summed E-state index contributed by atoms with van der Waals surface area (Å²) in [6.07, 6.45) is 0. The third-order valence-corrected chi connectivity index (χ3v) is 3.09. The van der Waals surface area contributed by atoms with Gasteiger partial charge < -0.3 is 0 Å². The molecule has 16 heavy (non-hydrogen) atoms. The van der Waals surface area contributed by atoms with Crippen molar-refractivity contribution in [3.63, 3.8) is 0 Å². The fraction of sp³-hybridized carbons (Fsp3) is 0.267. The first-order chi connectivity index (χ1) is 7.59. The third kappa shape index (κ3) is 1.85. The van der Waals surface area contributed by atoms with Crippen LogP contribution in [0.3, 0.4) is 0 Å². The van der Waals surface area contributed by atoms with Gasteiger partial charge in [-0.3, -0.25) is 4.98 Å². The summed E-state index contributed by atoms with van der Waals surface area (Å²) in [5.41, 5.74) is 7.28. The van der Waals surface area contributed by atoms with Gasteiger partial charge in [0.15, 0.2) is 0 Å². The van der Waals surface area contributed by atoms with Gasteiger partial charge in [0.05, 0.1) is 5.69 Å². The Morgan fingerprint density at radius 1 is 0.750 bits per heavy atom. The van der Waals surface area contributed by atoms with Crippen molar-refractivity contribution in [3.8, 4) is 11.3 Å². The van der Waals surface area contributed by atoms with Crippen LogP contribution in [0.15, 0.2) is 30.3 Å². The van der Waals surface area contributed by atoms with Crippen molar-refractivity contribution in [1.82, 2.24) is 4.98 Å². The fourth-order valence-electron chi connectivity index (χ4n) is 1.99. The molecular formula is C15H17N. The van der Waals surface area contributed by atoms with E-state index in [1.807, 2.05) is 0 Å². The Kier molecular flexibility index (Phi) is 2.78. The molecule has 0 spiro atoms. The van der Waals surface area contributed by atoms with Gasteiger partial charge in [0.25, 0.3) is 0 Å². The molecule has 0 aliphatic rings. The van der Waals surface area contributed by atoms with Crippen molar-refractivity contribution < 1.29 is 0 Å². The largest absolute Gasteiger partial charge is 0.253 e. The molecule has 0 radical (unpaired) electrons. The summed E-state index contributed by atoms with van der Waals surface area (Å²) < 4.78 is 0. The Balaban J connectivity index is 2.63. The Morgan fingerprint density at radius 2 is 1.38 bits per heavy atom. The van der Waals surface area contributed by atoms with Crippen LogP contribution in [0.1, 0.15) is 22.4 Å². The van der Waals surface area contributed by atoms with E-state index < -0.39 is 0 Å². The van der Waals surface area contributed by atoms with E-state index in [0.717, 1.165) is 11.4 Å². The SMILES string of the molecule is Cc1ccc(-c2c(C)cccc2C)nc1C. The highest BCUT2D eigenvalue weighted by Gasteiger charge is 2.07. The molecule has 0 amide bonds. The lowest BCUT2D eigenvalue weighted by atomic mass is 9.99. The molecule has 1 aromatic carbocycles. The fourth-order valence-corrected chi connectivity index (χ4v) is 1.99. The standard InChI is InChI=1S/C15H17N/c1-10-8-9-14(16-13(10)4)15-11(2)6-5-7-12(15)3/h5-9H,1-4H3. The zero-order valence-corrected chi connectivity index (χ0v) is 10.3. The molecule has 0 aliphatic heterocycles. The molecule has 1 aromatic heterocycles. The Labute approximate surface area is 97.2 Å². The van der Waals surface area contributed by atoms with E-state index in [0.29, 0.717) is 0 Å². The van der Waals surface area contributed by atoms with Crippen LogP contribution in [0.25, 0.3) is 11.3 Å². The zero-order valence-electron chi connectivity index (χ0n) is 10.3. The van der Waals surface area contributed by atoms with Gasteiger partial charge in [-0.1, -0.05) is 24.3 Å². The quantitative estimate of drug-likeness (QED) is 0.695. The molecule has 1 heteroatoms. The molecule has 2 rings (SSSR count). The van der Waals surface area contributed by atoms with E-state index in [4.69, 9.17) is 0 Å². The molecule has 0 saturated carbocycles. The van der Waals surface area contributed by atoms with Gasteiger partial charge in [0.1, 0.15) is 0 Å². The summed E-state index contributed by atoms with van der Waals surface area (Å²) in [5.74, 6) is 0. The topological polar surface area (TPSA) is 12.9 Å². The minimum absolute atomic E-state index is 1.08. The molecule has 2 aromatic rings. The maximum absolute atomic E-state index is 4.66. The first-order valence-electron chi connectivity index (χ1n) is 5.60. The first-order valence-corrected chi connectivity index (χ1v) is 5.60. The second-order valence-corrected chi connectivity index (χ2v) is 4.37. The molecule has 0 N–H and O–H groups in total. The number of rotatable bonds is 1. The Bertz CT molecular complexity index is 507. The van der Waals surface area contributed by atoms with E-state index in [2.05, 4.69) is 63.0 Å². The summed E-state index contributed by atoms with van der Waals surface area (Å²) in [5, 5.41) is 0. The zero-order chi connectivity index (χ0) is 11.7. The predicted molar refractivity (Wildman–Crippen MR) is 68.6 cm³/mol. The van der Waals surface area contributed by atoms with Crippen LogP contribution in [-0.4, -0.2) is 4.98 Å². The number of nitrogens with zero attached hydrogens (tertiary/aromatic N) is 1. The number of benzene rings is 1. The molecule has 0 bridgehead atoms. The van der Waals surface area contributed by atoms with Crippen molar-refractivity contribution in [1.29, 1.82) is 0 Å². The average Bonchev–Trinajstić information content (AvgIpc) is 2.23. The molecular weight excluding hydrogens is 194 g/mol. The molecule has 1 heterocycles. The second kappa shape index (κ2) is 4.09. The summed E-state index contributed by atoms with van der Waals surface area (Å²) in [6.45, 7) is 8.43. The van der Waals surface area contributed by atoms with Gasteiger partial charge >= 0.3 is 0 Å². The average molecular weight is 211 g/mol. The Morgan fingerprint density at radius 3 is 1.94 bits per heavy atom. The number of hydrogen-bond acceptors (Lipinski definition) is 1. The van der Waals surface area contributed by atoms with Crippen LogP contribution in [0, 0.1) is 27.7 Å². The van der Waals surface area contributed by atoms with Crippen LogP contribution in [-0.2, 0) is 0 Å². The third-order valence-electron chi connectivity index (χ3n) is 3.09. The first kappa shape index (κ1) is 10.9. The molecule has 82 valence electrons. The molecule has 0 fully saturated rings. The number of pyridine rings is 1. The van der Waals surface area contributed by atoms with E-state index in [9.17, 15) is 0 Å².